The summed E-state index contributed by atoms with van der Waals surface area (Å²) in [6, 6.07) is 27.9. The van der Waals surface area contributed by atoms with Crippen LogP contribution in [0.1, 0.15) is 32.6 Å². The number of para-hydroxylation sites is 1. The topological polar surface area (TPSA) is 84.5 Å². The van der Waals surface area contributed by atoms with Gasteiger partial charge in [-0.3, -0.25) is 9.20 Å². The van der Waals surface area contributed by atoms with Gasteiger partial charge in [0.1, 0.15) is 11.5 Å². The number of carbonyl (C=O) groups is 1. The second-order valence-electron chi connectivity index (χ2n) is 8.89. The lowest BCUT2D eigenvalue weighted by atomic mass is 10.1. The number of imidazole rings is 1. The Morgan fingerprint density at radius 3 is 2.36 bits per heavy atom. The molecule has 1 amide bonds. The molecule has 0 aliphatic heterocycles. The van der Waals surface area contributed by atoms with E-state index in [0.717, 1.165) is 45.0 Å². The Labute approximate surface area is 210 Å². The van der Waals surface area contributed by atoms with Gasteiger partial charge >= 0.3 is 0 Å². The van der Waals surface area contributed by atoms with Gasteiger partial charge < -0.3 is 16.4 Å². The highest BCUT2D eigenvalue weighted by atomic mass is 16.1. The van der Waals surface area contributed by atoms with E-state index < -0.39 is 0 Å². The molecule has 0 spiro atoms. The van der Waals surface area contributed by atoms with Gasteiger partial charge in [0.25, 0.3) is 5.91 Å². The second kappa shape index (κ2) is 10.1. The summed E-state index contributed by atoms with van der Waals surface area (Å²) >= 11 is 0. The number of pyridine rings is 1. The molecule has 180 valence electrons. The van der Waals surface area contributed by atoms with E-state index in [1.54, 1.807) is 0 Å². The predicted molar refractivity (Wildman–Crippen MR) is 145 cm³/mol. The van der Waals surface area contributed by atoms with Crippen LogP contribution in [0.3, 0.4) is 0 Å². The summed E-state index contributed by atoms with van der Waals surface area (Å²) < 4.78 is 1.96. The third-order valence-corrected chi connectivity index (χ3v) is 6.35. The normalized spacial score (nSPS) is 11.0. The Bertz CT molecular complexity index is 1520. The molecule has 2 aromatic heterocycles. The highest BCUT2D eigenvalue weighted by molar-refractivity contribution is 6.01. The molecular weight excluding hydrogens is 446 g/mol. The zero-order valence-electron chi connectivity index (χ0n) is 20.5. The van der Waals surface area contributed by atoms with Crippen molar-refractivity contribution in [3.8, 4) is 11.3 Å². The monoisotopic (exact) mass is 475 g/mol. The van der Waals surface area contributed by atoms with Gasteiger partial charge in [-0.05, 0) is 48.2 Å². The summed E-state index contributed by atoms with van der Waals surface area (Å²) in [5, 5.41) is 6.67. The number of amides is 1. The molecule has 4 N–H and O–H groups in total. The van der Waals surface area contributed by atoms with E-state index >= 15 is 0 Å². The van der Waals surface area contributed by atoms with Crippen LogP contribution in [0.15, 0.2) is 91.1 Å². The van der Waals surface area contributed by atoms with Gasteiger partial charge in [-0.15, -0.1) is 0 Å². The van der Waals surface area contributed by atoms with E-state index in [9.17, 15) is 4.79 Å². The lowest BCUT2D eigenvalue weighted by Crippen LogP contribution is -2.23. The van der Waals surface area contributed by atoms with E-state index in [1.165, 1.54) is 0 Å². The van der Waals surface area contributed by atoms with Crippen LogP contribution in [-0.2, 0) is 13.1 Å². The lowest BCUT2D eigenvalue weighted by Gasteiger charge is -2.14. The molecular formula is C30H29N5O. The SMILES string of the molecule is Cc1cccc(C)c1Nc1c(-c2ccccc2)nc2c(C(=O)NCc3cccc(CN)c3)cccn12. The number of benzene rings is 3. The maximum Gasteiger partial charge on any atom is 0.255 e. The van der Waals surface area contributed by atoms with E-state index in [1.807, 2.05) is 83.4 Å². The van der Waals surface area contributed by atoms with Crippen molar-refractivity contribution in [2.24, 2.45) is 5.73 Å². The van der Waals surface area contributed by atoms with Crippen LogP contribution >= 0.6 is 0 Å². The van der Waals surface area contributed by atoms with Crippen LogP contribution in [0, 0.1) is 13.8 Å². The minimum absolute atomic E-state index is 0.179. The van der Waals surface area contributed by atoms with Crippen molar-refractivity contribution in [2.45, 2.75) is 26.9 Å². The third kappa shape index (κ3) is 4.59. The molecule has 6 heteroatoms. The van der Waals surface area contributed by atoms with E-state index in [-0.39, 0.29) is 5.91 Å². The predicted octanol–water partition coefficient (Wildman–Crippen LogP) is 5.75. The van der Waals surface area contributed by atoms with Gasteiger partial charge in [0, 0.05) is 30.5 Å². The molecule has 5 aromatic rings. The molecule has 5 rings (SSSR count). The van der Waals surface area contributed by atoms with Crippen molar-refractivity contribution in [1.29, 1.82) is 0 Å². The number of rotatable bonds is 7. The number of hydrogen-bond donors (Lipinski definition) is 3. The molecule has 0 aliphatic rings. The number of aromatic nitrogens is 2. The molecule has 0 radical (unpaired) electrons. The number of nitrogens with zero attached hydrogens (tertiary/aromatic N) is 2. The number of nitrogens with one attached hydrogen (secondary N) is 2. The van der Waals surface area contributed by atoms with Crippen molar-refractivity contribution in [1.82, 2.24) is 14.7 Å². The Morgan fingerprint density at radius 2 is 1.61 bits per heavy atom. The quantitative estimate of drug-likeness (QED) is 0.280. The van der Waals surface area contributed by atoms with Crippen LogP contribution in [0.2, 0.25) is 0 Å². The summed E-state index contributed by atoms with van der Waals surface area (Å²) in [6.45, 7) is 5.04. The van der Waals surface area contributed by atoms with Gasteiger partial charge in [-0.2, -0.15) is 0 Å². The molecule has 0 saturated heterocycles. The van der Waals surface area contributed by atoms with Crippen molar-refractivity contribution >= 4 is 23.1 Å². The van der Waals surface area contributed by atoms with Crippen LogP contribution in [0.5, 0.6) is 0 Å². The first-order valence-electron chi connectivity index (χ1n) is 12.0. The molecule has 0 atom stereocenters. The average molecular weight is 476 g/mol. The Kier molecular flexibility index (Phi) is 6.52. The third-order valence-electron chi connectivity index (χ3n) is 6.35. The summed E-state index contributed by atoms with van der Waals surface area (Å²) in [6.07, 6.45) is 1.94. The lowest BCUT2D eigenvalue weighted by molar-refractivity contribution is 0.0952. The minimum atomic E-state index is -0.179. The van der Waals surface area contributed by atoms with Gasteiger partial charge in [0.05, 0.1) is 5.56 Å². The standard InChI is InChI=1S/C30H29N5O/c1-20-9-6-10-21(2)26(20)33-29-27(24-13-4-3-5-14-24)34-28-25(15-8-16-35(28)29)30(36)32-19-23-12-7-11-22(17-23)18-31/h3-17,33H,18-19,31H2,1-2H3,(H,32,36). The molecule has 36 heavy (non-hydrogen) atoms. The van der Waals surface area contributed by atoms with Gasteiger partial charge in [0.15, 0.2) is 5.65 Å². The minimum Gasteiger partial charge on any atom is -0.348 e. The van der Waals surface area contributed by atoms with Crippen molar-refractivity contribution in [3.05, 3.63) is 119 Å². The molecule has 0 bridgehead atoms. The van der Waals surface area contributed by atoms with Crippen molar-refractivity contribution in [2.75, 3.05) is 5.32 Å². The number of carbonyl (C=O) groups excluding carboxylic acids is 1. The molecule has 6 nitrogen and oxygen atoms in total. The van der Waals surface area contributed by atoms with E-state index in [0.29, 0.717) is 24.3 Å². The summed E-state index contributed by atoms with van der Waals surface area (Å²) in [5.74, 6) is 0.640. The second-order valence-corrected chi connectivity index (χ2v) is 8.89. The fourth-order valence-corrected chi connectivity index (χ4v) is 4.44. The number of fused-ring (bicyclic) bond motifs is 1. The van der Waals surface area contributed by atoms with Crippen LogP contribution in [0.25, 0.3) is 16.9 Å². The molecule has 3 aromatic carbocycles. The van der Waals surface area contributed by atoms with Crippen LogP contribution in [0.4, 0.5) is 11.5 Å². The van der Waals surface area contributed by atoms with E-state index in [4.69, 9.17) is 10.7 Å². The first-order chi connectivity index (χ1) is 17.5. The molecule has 0 aliphatic carbocycles. The highest BCUT2D eigenvalue weighted by Gasteiger charge is 2.20. The Balaban J connectivity index is 1.56. The van der Waals surface area contributed by atoms with Crippen LogP contribution in [-0.4, -0.2) is 15.3 Å². The number of anilines is 2. The highest BCUT2D eigenvalue weighted by Crippen LogP contribution is 2.34. The molecule has 0 unspecified atom stereocenters. The molecule has 0 saturated carbocycles. The maximum absolute atomic E-state index is 13.3. The average Bonchev–Trinajstić information content (AvgIpc) is 3.28. The smallest absolute Gasteiger partial charge is 0.255 e. The summed E-state index contributed by atoms with van der Waals surface area (Å²) in [4.78, 5) is 18.3. The zero-order chi connectivity index (χ0) is 25.1. The fourth-order valence-electron chi connectivity index (χ4n) is 4.44. The molecule has 2 heterocycles. The Morgan fingerprint density at radius 1 is 0.889 bits per heavy atom. The van der Waals surface area contributed by atoms with Crippen molar-refractivity contribution in [3.63, 3.8) is 0 Å². The number of aryl methyl sites for hydroxylation is 2. The molecule has 0 fully saturated rings. The zero-order valence-corrected chi connectivity index (χ0v) is 20.5. The summed E-state index contributed by atoms with van der Waals surface area (Å²) in [5.41, 5.74) is 14.0. The summed E-state index contributed by atoms with van der Waals surface area (Å²) in [7, 11) is 0. The van der Waals surface area contributed by atoms with E-state index in [2.05, 4.69) is 36.6 Å². The first kappa shape index (κ1) is 23.3. The fraction of sp³-hybridized carbons (Fsp3) is 0.133. The number of hydrogen-bond acceptors (Lipinski definition) is 4. The first-order valence-corrected chi connectivity index (χ1v) is 12.0. The largest absolute Gasteiger partial charge is 0.348 e. The van der Waals surface area contributed by atoms with Crippen molar-refractivity contribution < 1.29 is 4.79 Å². The number of nitrogens with two attached hydrogens (primary N) is 1. The van der Waals surface area contributed by atoms with Crippen LogP contribution < -0.4 is 16.4 Å². The maximum atomic E-state index is 13.3. The van der Waals surface area contributed by atoms with Gasteiger partial charge in [-0.1, -0.05) is 72.8 Å². The van der Waals surface area contributed by atoms with Gasteiger partial charge in [-0.25, -0.2) is 4.98 Å². The van der Waals surface area contributed by atoms with Gasteiger partial charge in [0.2, 0.25) is 0 Å². The Hall–Kier alpha value is -4.42.